The van der Waals surface area contributed by atoms with Crippen molar-refractivity contribution < 1.29 is 9.72 Å². The fraction of sp³-hybridized carbons (Fsp3) is 0.111. The van der Waals surface area contributed by atoms with Crippen LogP contribution < -0.4 is 5.32 Å². The van der Waals surface area contributed by atoms with Gasteiger partial charge in [-0.1, -0.05) is 29.3 Å². The average Bonchev–Trinajstić information content (AvgIpc) is 3.05. The SMILES string of the molecule is Cc1ccc(C)c(-c2csc(NC(=O)c3cc([N+](=O)[O-])ccc3Cl)n2)c1. The average molecular weight is 388 g/mol. The van der Waals surface area contributed by atoms with Crippen molar-refractivity contribution in [1.29, 1.82) is 0 Å². The van der Waals surface area contributed by atoms with Gasteiger partial charge in [0.1, 0.15) is 0 Å². The van der Waals surface area contributed by atoms with Gasteiger partial charge in [0.2, 0.25) is 0 Å². The third-order valence-electron chi connectivity index (χ3n) is 3.80. The van der Waals surface area contributed by atoms with E-state index >= 15 is 0 Å². The molecule has 0 radical (unpaired) electrons. The summed E-state index contributed by atoms with van der Waals surface area (Å²) in [5.74, 6) is -0.541. The van der Waals surface area contributed by atoms with E-state index in [0.717, 1.165) is 28.5 Å². The number of carbonyl (C=O) groups is 1. The number of benzene rings is 2. The van der Waals surface area contributed by atoms with E-state index in [-0.39, 0.29) is 16.3 Å². The van der Waals surface area contributed by atoms with Gasteiger partial charge < -0.3 is 0 Å². The second kappa shape index (κ2) is 7.23. The van der Waals surface area contributed by atoms with Crippen LogP contribution in [0.3, 0.4) is 0 Å². The van der Waals surface area contributed by atoms with Gasteiger partial charge in [-0.25, -0.2) is 4.98 Å². The van der Waals surface area contributed by atoms with Gasteiger partial charge in [-0.15, -0.1) is 11.3 Å². The number of halogens is 1. The molecule has 0 saturated carbocycles. The monoisotopic (exact) mass is 387 g/mol. The zero-order chi connectivity index (χ0) is 18.8. The van der Waals surface area contributed by atoms with E-state index in [1.165, 1.54) is 23.5 Å². The molecule has 1 aromatic heterocycles. The molecule has 3 aromatic rings. The van der Waals surface area contributed by atoms with Crippen molar-refractivity contribution in [2.75, 3.05) is 5.32 Å². The van der Waals surface area contributed by atoms with Crippen molar-refractivity contribution in [3.63, 3.8) is 0 Å². The summed E-state index contributed by atoms with van der Waals surface area (Å²) in [7, 11) is 0. The Balaban J connectivity index is 1.86. The molecule has 0 aliphatic rings. The van der Waals surface area contributed by atoms with Crippen molar-refractivity contribution in [1.82, 2.24) is 4.98 Å². The van der Waals surface area contributed by atoms with Crippen LogP contribution in [0.25, 0.3) is 11.3 Å². The molecule has 8 heteroatoms. The van der Waals surface area contributed by atoms with Crippen LogP contribution in [0, 0.1) is 24.0 Å². The topological polar surface area (TPSA) is 85.1 Å². The number of hydrogen-bond donors (Lipinski definition) is 1. The number of thiazole rings is 1. The van der Waals surface area contributed by atoms with Gasteiger partial charge in [0.05, 0.1) is 21.2 Å². The largest absolute Gasteiger partial charge is 0.298 e. The van der Waals surface area contributed by atoms with Gasteiger partial charge in [-0.05, 0) is 31.5 Å². The molecule has 0 unspecified atom stereocenters. The highest BCUT2D eigenvalue weighted by molar-refractivity contribution is 7.14. The van der Waals surface area contributed by atoms with Crippen LogP contribution in [0.1, 0.15) is 21.5 Å². The standard InChI is InChI=1S/C18H14ClN3O3S/c1-10-3-4-11(2)13(7-10)16-9-26-18(20-16)21-17(23)14-8-12(22(24)25)5-6-15(14)19/h3-9H,1-2H3,(H,20,21,23). The lowest BCUT2D eigenvalue weighted by molar-refractivity contribution is -0.384. The Morgan fingerprint density at radius 1 is 1.23 bits per heavy atom. The molecule has 0 aliphatic heterocycles. The van der Waals surface area contributed by atoms with E-state index in [2.05, 4.69) is 10.3 Å². The van der Waals surface area contributed by atoms with Gasteiger partial charge in [0.15, 0.2) is 5.13 Å². The quantitative estimate of drug-likeness (QED) is 0.490. The van der Waals surface area contributed by atoms with E-state index in [0.29, 0.717) is 5.13 Å². The van der Waals surface area contributed by atoms with Crippen LogP contribution >= 0.6 is 22.9 Å². The molecule has 2 aromatic carbocycles. The van der Waals surface area contributed by atoms with Crippen LogP contribution in [-0.4, -0.2) is 15.8 Å². The molecule has 26 heavy (non-hydrogen) atoms. The van der Waals surface area contributed by atoms with Crippen molar-refractivity contribution in [2.24, 2.45) is 0 Å². The second-order valence-corrected chi connectivity index (χ2v) is 7.00. The summed E-state index contributed by atoms with van der Waals surface area (Å²) in [6.07, 6.45) is 0. The highest BCUT2D eigenvalue weighted by atomic mass is 35.5. The maximum Gasteiger partial charge on any atom is 0.270 e. The number of nitro groups is 1. The molecule has 1 amide bonds. The molecule has 0 spiro atoms. The predicted molar refractivity (Wildman–Crippen MR) is 103 cm³/mol. The predicted octanol–water partition coefficient (Wildman–Crippen LogP) is 5.24. The number of hydrogen-bond acceptors (Lipinski definition) is 5. The number of rotatable bonds is 4. The van der Waals surface area contributed by atoms with Gasteiger partial charge in [-0.3, -0.25) is 20.2 Å². The zero-order valence-corrected chi connectivity index (χ0v) is 15.5. The Labute approximate surface area is 158 Å². The number of non-ortho nitro benzene ring substituents is 1. The maximum atomic E-state index is 12.4. The van der Waals surface area contributed by atoms with Crippen molar-refractivity contribution in [3.8, 4) is 11.3 Å². The minimum atomic E-state index is -0.574. The van der Waals surface area contributed by atoms with Crippen LogP contribution in [0.2, 0.25) is 5.02 Å². The molecular formula is C18H14ClN3O3S. The first-order valence-corrected chi connectivity index (χ1v) is 8.89. The summed E-state index contributed by atoms with van der Waals surface area (Å²) in [5.41, 5.74) is 3.79. The second-order valence-electron chi connectivity index (χ2n) is 5.73. The summed E-state index contributed by atoms with van der Waals surface area (Å²) in [6.45, 7) is 4.00. The van der Waals surface area contributed by atoms with Crippen LogP contribution in [-0.2, 0) is 0 Å². The Bertz CT molecular complexity index is 1020. The number of amides is 1. The molecule has 6 nitrogen and oxygen atoms in total. The maximum absolute atomic E-state index is 12.4. The fourth-order valence-electron chi connectivity index (χ4n) is 2.43. The Morgan fingerprint density at radius 2 is 2.00 bits per heavy atom. The van der Waals surface area contributed by atoms with Crippen LogP contribution in [0.15, 0.2) is 41.8 Å². The molecule has 0 bridgehead atoms. The summed E-state index contributed by atoms with van der Waals surface area (Å²) in [4.78, 5) is 27.2. The lowest BCUT2D eigenvalue weighted by Crippen LogP contribution is -2.12. The van der Waals surface area contributed by atoms with E-state index in [4.69, 9.17) is 11.6 Å². The van der Waals surface area contributed by atoms with Crippen LogP contribution in [0.4, 0.5) is 10.8 Å². The van der Waals surface area contributed by atoms with E-state index in [1.54, 1.807) is 0 Å². The first kappa shape index (κ1) is 18.0. The Hall–Kier alpha value is -2.77. The van der Waals surface area contributed by atoms with Crippen molar-refractivity contribution >= 4 is 39.7 Å². The number of carbonyl (C=O) groups excluding carboxylic acids is 1. The van der Waals surface area contributed by atoms with Crippen molar-refractivity contribution in [3.05, 3.63) is 73.6 Å². The molecule has 0 atom stereocenters. The van der Waals surface area contributed by atoms with E-state index in [1.807, 2.05) is 37.4 Å². The minimum Gasteiger partial charge on any atom is -0.298 e. The third-order valence-corrected chi connectivity index (χ3v) is 4.89. The molecular weight excluding hydrogens is 374 g/mol. The number of anilines is 1. The van der Waals surface area contributed by atoms with Gasteiger partial charge >= 0.3 is 0 Å². The third kappa shape index (κ3) is 3.74. The number of nitro benzene ring substituents is 1. The minimum absolute atomic E-state index is 0.0318. The van der Waals surface area contributed by atoms with E-state index < -0.39 is 10.8 Å². The number of nitrogens with zero attached hydrogens (tertiary/aromatic N) is 2. The summed E-state index contributed by atoms with van der Waals surface area (Å²) in [6, 6.07) is 9.81. The van der Waals surface area contributed by atoms with Gasteiger partial charge in [0, 0.05) is 23.1 Å². The molecule has 3 rings (SSSR count). The highest BCUT2D eigenvalue weighted by Crippen LogP contribution is 2.29. The lowest BCUT2D eigenvalue weighted by Gasteiger charge is -2.05. The Kier molecular flexibility index (Phi) is 5.01. The van der Waals surface area contributed by atoms with Crippen LogP contribution in [0.5, 0.6) is 0 Å². The number of nitrogens with one attached hydrogen (secondary N) is 1. The van der Waals surface area contributed by atoms with E-state index in [9.17, 15) is 14.9 Å². The molecule has 132 valence electrons. The first-order chi connectivity index (χ1) is 12.3. The fourth-order valence-corrected chi connectivity index (χ4v) is 3.34. The van der Waals surface area contributed by atoms with Gasteiger partial charge in [0.25, 0.3) is 11.6 Å². The summed E-state index contributed by atoms with van der Waals surface area (Å²) < 4.78 is 0. The van der Waals surface area contributed by atoms with Gasteiger partial charge in [-0.2, -0.15) is 0 Å². The molecule has 1 heterocycles. The highest BCUT2D eigenvalue weighted by Gasteiger charge is 2.17. The number of aryl methyl sites for hydroxylation is 2. The molecule has 0 aliphatic carbocycles. The number of aromatic nitrogens is 1. The molecule has 1 N–H and O–H groups in total. The first-order valence-electron chi connectivity index (χ1n) is 7.63. The summed E-state index contributed by atoms with van der Waals surface area (Å²) in [5, 5.41) is 15.9. The summed E-state index contributed by atoms with van der Waals surface area (Å²) >= 11 is 7.28. The Morgan fingerprint density at radius 3 is 2.73 bits per heavy atom. The smallest absolute Gasteiger partial charge is 0.270 e. The normalized spacial score (nSPS) is 10.6. The lowest BCUT2D eigenvalue weighted by atomic mass is 10.0. The molecule has 0 saturated heterocycles. The zero-order valence-electron chi connectivity index (χ0n) is 13.9. The molecule has 0 fully saturated rings. The van der Waals surface area contributed by atoms with Crippen molar-refractivity contribution in [2.45, 2.75) is 13.8 Å².